The van der Waals surface area contributed by atoms with Crippen molar-refractivity contribution in [3.63, 3.8) is 0 Å². The van der Waals surface area contributed by atoms with Gasteiger partial charge >= 0.3 is 0 Å². The lowest BCUT2D eigenvalue weighted by molar-refractivity contribution is 0.933. The summed E-state index contributed by atoms with van der Waals surface area (Å²) in [5.74, 6) is 1.39. The third-order valence-electron chi connectivity index (χ3n) is 1.72. The van der Waals surface area contributed by atoms with Crippen LogP contribution >= 0.6 is 22.9 Å². The van der Waals surface area contributed by atoms with Gasteiger partial charge in [0.15, 0.2) is 0 Å². The number of rotatable bonds is 3. The molecule has 0 aliphatic heterocycles. The maximum Gasteiger partial charge on any atom is 0.120 e. The molecule has 0 aromatic carbocycles. The molecular formula is C7H9ClN2S. The summed E-state index contributed by atoms with van der Waals surface area (Å²) in [7, 11) is 0. The number of halogens is 1. The number of aromatic nitrogens is 2. The Morgan fingerprint density at radius 3 is 2.91 bits per heavy atom. The lowest BCUT2D eigenvalue weighted by Crippen LogP contribution is -1.83. The molecule has 0 radical (unpaired) electrons. The summed E-state index contributed by atoms with van der Waals surface area (Å²) in [5.41, 5.74) is 0. The first-order valence-electron chi connectivity index (χ1n) is 3.78. The molecule has 1 aromatic heterocycles. The van der Waals surface area contributed by atoms with Gasteiger partial charge in [-0.05, 0) is 12.8 Å². The Hall–Kier alpha value is -0.150. The van der Waals surface area contributed by atoms with Crippen molar-refractivity contribution in [2.75, 3.05) is 5.88 Å². The normalized spacial score (nSPS) is 17.2. The van der Waals surface area contributed by atoms with Gasteiger partial charge in [-0.1, -0.05) is 0 Å². The van der Waals surface area contributed by atoms with Crippen LogP contribution in [0.1, 0.15) is 28.8 Å². The zero-order valence-corrected chi connectivity index (χ0v) is 7.66. The van der Waals surface area contributed by atoms with Gasteiger partial charge in [0.05, 0.1) is 0 Å². The molecule has 0 N–H and O–H groups in total. The van der Waals surface area contributed by atoms with Crippen molar-refractivity contribution in [1.29, 1.82) is 0 Å². The minimum Gasteiger partial charge on any atom is -0.144 e. The second-order valence-electron chi connectivity index (χ2n) is 2.75. The van der Waals surface area contributed by atoms with Crippen LogP contribution in [0.4, 0.5) is 0 Å². The van der Waals surface area contributed by atoms with E-state index >= 15 is 0 Å². The predicted octanol–water partition coefficient (Wildman–Crippen LogP) is 2.20. The van der Waals surface area contributed by atoms with E-state index < -0.39 is 0 Å². The van der Waals surface area contributed by atoms with E-state index in [1.807, 2.05) is 0 Å². The first kappa shape index (κ1) is 7.50. The van der Waals surface area contributed by atoms with Gasteiger partial charge < -0.3 is 0 Å². The zero-order chi connectivity index (χ0) is 7.68. The Morgan fingerprint density at radius 2 is 2.27 bits per heavy atom. The SMILES string of the molecule is ClCCc1nnc(C2CC2)s1. The third-order valence-corrected chi connectivity index (χ3v) is 3.05. The van der Waals surface area contributed by atoms with Crippen molar-refractivity contribution in [2.24, 2.45) is 0 Å². The van der Waals surface area contributed by atoms with Gasteiger partial charge in [0.1, 0.15) is 10.0 Å². The number of hydrogen-bond acceptors (Lipinski definition) is 3. The highest BCUT2D eigenvalue weighted by Crippen LogP contribution is 2.41. The van der Waals surface area contributed by atoms with Crippen LogP contribution in [-0.2, 0) is 6.42 Å². The highest BCUT2D eigenvalue weighted by atomic mass is 35.5. The zero-order valence-electron chi connectivity index (χ0n) is 6.09. The van der Waals surface area contributed by atoms with Gasteiger partial charge in [0, 0.05) is 18.2 Å². The van der Waals surface area contributed by atoms with Gasteiger partial charge in [-0.15, -0.1) is 33.1 Å². The average Bonchev–Trinajstić information content (AvgIpc) is 2.75. The number of alkyl halides is 1. The molecule has 0 atom stereocenters. The summed E-state index contributed by atoms with van der Waals surface area (Å²) in [6, 6.07) is 0. The Kier molecular flexibility index (Phi) is 2.09. The number of nitrogens with zero attached hydrogens (tertiary/aromatic N) is 2. The molecule has 0 spiro atoms. The second-order valence-corrected chi connectivity index (χ2v) is 4.22. The van der Waals surface area contributed by atoms with Crippen LogP contribution < -0.4 is 0 Å². The average molecular weight is 189 g/mol. The summed E-state index contributed by atoms with van der Waals surface area (Å²) in [6.07, 6.45) is 3.47. The maximum atomic E-state index is 5.58. The lowest BCUT2D eigenvalue weighted by Gasteiger charge is -1.83. The minimum atomic E-state index is 0.652. The van der Waals surface area contributed by atoms with Crippen LogP contribution in [-0.4, -0.2) is 16.1 Å². The Balaban J connectivity index is 2.06. The molecule has 60 valence electrons. The lowest BCUT2D eigenvalue weighted by atomic mass is 10.5. The molecule has 0 bridgehead atoms. The van der Waals surface area contributed by atoms with Crippen molar-refractivity contribution in [3.05, 3.63) is 10.0 Å². The summed E-state index contributed by atoms with van der Waals surface area (Å²) < 4.78 is 0. The molecule has 0 unspecified atom stereocenters. The Morgan fingerprint density at radius 1 is 1.45 bits per heavy atom. The van der Waals surface area contributed by atoms with Crippen LogP contribution in [0.5, 0.6) is 0 Å². The molecule has 0 saturated heterocycles. The van der Waals surface area contributed by atoms with Crippen LogP contribution in [0.25, 0.3) is 0 Å². The van der Waals surface area contributed by atoms with E-state index in [-0.39, 0.29) is 0 Å². The van der Waals surface area contributed by atoms with Gasteiger partial charge in [-0.2, -0.15) is 0 Å². The maximum absolute atomic E-state index is 5.58. The van der Waals surface area contributed by atoms with Crippen molar-refractivity contribution >= 4 is 22.9 Å². The molecule has 1 heterocycles. The fourth-order valence-electron chi connectivity index (χ4n) is 0.944. The largest absolute Gasteiger partial charge is 0.144 e. The molecule has 2 rings (SSSR count). The molecule has 4 heteroatoms. The van der Waals surface area contributed by atoms with Gasteiger partial charge in [-0.3, -0.25) is 0 Å². The first-order valence-corrected chi connectivity index (χ1v) is 5.13. The monoisotopic (exact) mass is 188 g/mol. The molecular weight excluding hydrogens is 180 g/mol. The van der Waals surface area contributed by atoms with Crippen molar-refractivity contribution < 1.29 is 0 Å². The van der Waals surface area contributed by atoms with Crippen LogP contribution in [0, 0.1) is 0 Å². The fraction of sp³-hybridized carbons (Fsp3) is 0.714. The Labute approximate surface area is 74.6 Å². The summed E-state index contributed by atoms with van der Waals surface area (Å²) >= 11 is 7.30. The Bertz CT molecular complexity index is 244. The molecule has 1 aromatic rings. The van der Waals surface area contributed by atoms with E-state index in [0.717, 1.165) is 17.3 Å². The van der Waals surface area contributed by atoms with Gasteiger partial charge in [-0.25, -0.2) is 0 Å². The quantitative estimate of drug-likeness (QED) is 0.680. The van der Waals surface area contributed by atoms with E-state index in [1.54, 1.807) is 11.3 Å². The van der Waals surface area contributed by atoms with Crippen molar-refractivity contribution in [2.45, 2.75) is 25.2 Å². The second kappa shape index (κ2) is 3.07. The van der Waals surface area contributed by atoms with Gasteiger partial charge in [0.2, 0.25) is 0 Å². The van der Waals surface area contributed by atoms with Crippen LogP contribution in [0.3, 0.4) is 0 Å². The fourth-order valence-corrected chi connectivity index (χ4v) is 2.25. The summed E-state index contributed by atoms with van der Waals surface area (Å²) in [6.45, 7) is 0. The van der Waals surface area contributed by atoms with E-state index in [2.05, 4.69) is 10.2 Å². The standard InChI is InChI=1S/C7H9ClN2S/c8-4-3-6-9-10-7(11-6)5-1-2-5/h5H,1-4H2. The van der Waals surface area contributed by atoms with E-state index in [9.17, 15) is 0 Å². The summed E-state index contributed by atoms with van der Waals surface area (Å²) in [4.78, 5) is 0. The topological polar surface area (TPSA) is 25.8 Å². The minimum absolute atomic E-state index is 0.652. The van der Waals surface area contributed by atoms with E-state index in [1.165, 1.54) is 17.8 Å². The van der Waals surface area contributed by atoms with Crippen molar-refractivity contribution in [3.8, 4) is 0 Å². The molecule has 11 heavy (non-hydrogen) atoms. The number of hydrogen-bond donors (Lipinski definition) is 0. The highest BCUT2D eigenvalue weighted by molar-refractivity contribution is 7.11. The molecule has 0 amide bonds. The highest BCUT2D eigenvalue weighted by Gasteiger charge is 2.27. The van der Waals surface area contributed by atoms with E-state index in [4.69, 9.17) is 11.6 Å². The third kappa shape index (κ3) is 1.71. The van der Waals surface area contributed by atoms with E-state index in [0.29, 0.717) is 5.88 Å². The molecule has 1 fully saturated rings. The van der Waals surface area contributed by atoms with Crippen LogP contribution in [0.15, 0.2) is 0 Å². The first-order chi connectivity index (χ1) is 5.40. The predicted molar refractivity (Wildman–Crippen MR) is 46.3 cm³/mol. The molecule has 1 saturated carbocycles. The summed E-state index contributed by atoms with van der Waals surface area (Å²) in [5, 5.41) is 10.5. The number of aryl methyl sites for hydroxylation is 1. The molecule has 2 nitrogen and oxygen atoms in total. The molecule has 1 aliphatic rings. The van der Waals surface area contributed by atoms with Gasteiger partial charge in [0.25, 0.3) is 0 Å². The smallest absolute Gasteiger partial charge is 0.120 e. The van der Waals surface area contributed by atoms with Crippen molar-refractivity contribution in [1.82, 2.24) is 10.2 Å². The van der Waals surface area contributed by atoms with Crippen LogP contribution in [0.2, 0.25) is 0 Å². The molecule has 1 aliphatic carbocycles.